The molecule has 8 rings (SSSR count). The molecule has 3 aliphatic rings. The van der Waals surface area contributed by atoms with E-state index in [1.807, 2.05) is 13.8 Å². The number of benzene rings is 3. The number of unbranched alkanes of at least 4 members (excludes halogenated alkanes) is 2. The van der Waals surface area contributed by atoms with Crippen LogP contribution < -0.4 is 70.4 Å². The Labute approximate surface area is 758 Å². The largest absolute Gasteiger partial charge is 0.508 e. The molecule has 0 saturated carbocycles. The Balaban J connectivity index is 1.18. The molecule has 40 nitrogen and oxygen atoms in total. The van der Waals surface area contributed by atoms with Gasteiger partial charge in [-0.05, 0) is 111 Å². The molecule has 0 bridgehead atoms. The third-order valence-electron chi connectivity index (χ3n) is 23.4. The lowest BCUT2D eigenvalue weighted by atomic mass is 9.99. The summed E-state index contributed by atoms with van der Waals surface area (Å²) in [6.07, 6.45) is 2.88. The SMILES string of the molecule is CCCC[C@H]1C(=O)N(C)[C@@H](CCCC)C(=O)N[C@@H](CC(C)C)C(=O)NC(C(=O)NCC(N)=O)CSCC(=O)N[C@@H](Cc2ccc(O)cc2)C(=O)N(C)[C@@H](C)C(=O)N[C@@H](CC(N)=O)C(=O)N2CCC[C@H]2C(=O)N[C@@H](CC(N)=O)C(=O)NC(CC(C)C)C(=O)N2CCC[C@H]2C(=O)N[C@@H](Cc2c[nH]c3ccccc23)C(=O)N[C@@H](CO)C(=O)N[C@@H](Cc2c[nH]c3ccccc23)C(=O)N1C. The van der Waals surface area contributed by atoms with Crippen LogP contribution in [0.5, 0.6) is 5.75 Å². The number of aromatic nitrogens is 2. The van der Waals surface area contributed by atoms with Gasteiger partial charge in [0.25, 0.3) is 0 Å². The average Bonchev–Trinajstić information content (AvgIpc) is 1.70. The number of primary amides is 3. The Morgan fingerprint density at radius 1 is 0.477 bits per heavy atom. The van der Waals surface area contributed by atoms with Gasteiger partial charge in [-0.2, -0.15) is 0 Å². The monoisotopic (exact) mass is 1830 g/mol. The number of likely N-dealkylation sites (N-methyl/N-ethyl adjacent to an activating group) is 3. The summed E-state index contributed by atoms with van der Waals surface area (Å²) in [6.45, 7) is 10.0. The number of nitrogens with one attached hydrogen (secondary N) is 12. The molecule has 3 aromatic carbocycles. The number of aromatic amines is 2. The van der Waals surface area contributed by atoms with Gasteiger partial charge in [0, 0.05) is 93.4 Å². The fourth-order valence-electron chi connectivity index (χ4n) is 16.3. The van der Waals surface area contributed by atoms with Crippen LogP contribution in [-0.4, -0.2) is 294 Å². The highest BCUT2D eigenvalue weighted by atomic mass is 32.2. The summed E-state index contributed by atoms with van der Waals surface area (Å²) in [5.74, 6) is -18.6. The standard InChI is InChI=1S/C89H126N20O20S/c1-11-13-25-68-82(122)97-59(35-48(3)4)78(118)104-67(77(117)95-44-74(92)114)46-130-47-75(115)96-63(37-51-29-31-54(111)32-30-51)85(125)105(8)50(7)76(116)100-65(41-73(91)113)88(128)109-34-20-28-70(109)84(124)99-61(40-72(90)112)80(120)101-62(36-49(5)6)87(127)108-33-19-27-69(108)83(123)98-60(38-52-42-93-57-23-17-15-21-55(52)57)79(119)103-66(45-110)81(121)102-64(39-53-43-94-58-24-18-16-22-56(53)58)86(126)107(10)71(26-14-12-2)89(129)106(68)9/h15-18,21-24,29-32,42-43,48-50,59-71,93-94,110-111H,11-14,19-20,25-28,33-41,44-47H2,1-10H3,(H2,90,112)(H2,91,113)(H2,92,114)(H,95,117)(H,96,115)(H,97,122)(H,98,123)(H,99,124)(H,100,116)(H,101,120)(H,102,121)(H,103,119)(H,104,118)/t50-,59-,60-,61-,62?,63-,64-,65-,66-,67?,68-,69-,70-,71-/m0/s1. The van der Waals surface area contributed by atoms with Gasteiger partial charge >= 0.3 is 0 Å². The number of aromatic hydroxyl groups is 1. The van der Waals surface area contributed by atoms with Gasteiger partial charge in [0.2, 0.25) is 106 Å². The minimum Gasteiger partial charge on any atom is -0.508 e. The first-order chi connectivity index (χ1) is 61.7. The van der Waals surface area contributed by atoms with E-state index < -0.39 is 228 Å². The number of hydrogen-bond donors (Lipinski definition) is 17. The zero-order valence-electron chi connectivity index (χ0n) is 75.2. The first-order valence-electron chi connectivity index (χ1n) is 44.1. The number of amides is 18. The second-order valence-electron chi connectivity index (χ2n) is 34.3. The molecule has 18 amide bonds. The molecule has 14 atom stereocenters. The first kappa shape index (κ1) is 103. The van der Waals surface area contributed by atoms with E-state index in [4.69, 9.17) is 17.2 Å². The third-order valence-corrected chi connectivity index (χ3v) is 24.5. The van der Waals surface area contributed by atoms with Crippen LogP contribution in [0.1, 0.15) is 155 Å². The lowest BCUT2D eigenvalue weighted by Gasteiger charge is -2.36. The van der Waals surface area contributed by atoms with Crippen LogP contribution in [0.15, 0.2) is 85.2 Å². The molecule has 41 heteroatoms. The second kappa shape index (κ2) is 48.6. The van der Waals surface area contributed by atoms with E-state index in [-0.39, 0.29) is 101 Å². The second-order valence-corrected chi connectivity index (χ2v) is 35.3. The molecule has 2 aromatic heterocycles. The molecule has 708 valence electrons. The number of para-hydroxylation sites is 2. The average molecular weight is 1830 g/mol. The molecule has 2 unspecified atom stereocenters. The van der Waals surface area contributed by atoms with Crippen molar-refractivity contribution in [1.82, 2.24) is 87.6 Å². The molecule has 3 saturated heterocycles. The van der Waals surface area contributed by atoms with Gasteiger partial charge in [0.15, 0.2) is 0 Å². The van der Waals surface area contributed by atoms with Crippen LogP contribution in [0, 0.1) is 11.8 Å². The van der Waals surface area contributed by atoms with Crippen molar-refractivity contribution in [3.05, 3.63) is 102 Å². The van der Waals surface area contributed by atoms with Gasteiger partial charge in [0.05, 0.1) is 31.7 Å². The van der Waals surface area contributed by atoms with Crippen LogP contribution in [0.3, 0.4) is 0 Å². The van der Waals surface area contributed by atoms with Crippen molar-refractivity contribution in [2.75, 3.05) is 58.9 Å². The summed E-state index contributed by atoms with van der Waals surface area (Å²) >= 11 is 0.790. The minimum absolute atomic E-state index is 0.0249. The fraction of sp³-hybridized carbons (Fsp3) is 0.551. The molecule has 20 N–H and O–H groups in total. The molecule has 0 radical (unpaired) electrons. The van der Waals surface area contributed by atoms with Crippen molar-refractivity contribution >= 4 is 140 Å². The lowest BCUT2D eigenvalue weighted by molar-refractivity contribution is -0.149. The molecule has 5 heterocycles. The van der Waals surface area contributed by atoms with E-state index in [0.717, 1.165) is 26.5 Å². The van der Waals surface area contributed by atoms with Crippen molar-refractivity contribution in [3.8, 4) is 5.75 Å². The molecular weight excluding hydrogens is 1700 g/mol. The number of nitrogens with two attached hydrogens (primary N) is 3. The first-order valence-corrected chi connectivity index (χ1v) is 45.2. The van der Waals surface area contributed by atoms with Gasteiger partial charge in [-0.25, -0.2) is 0 Å². The van der Waals surface area contributed by atoms with Crippen molar-refractivity contribution in [2.24, 2.45) is 29.0 Å². The van der Waals surface area contributed by atoms with E-state index in [1.54, 1.807) is 88.6 Å². The Morgan fingerprint density at radius 3 is 1.47 bits per heavy atom. The van der Waals surface area contributed by atoms with E-state index in [9.17, 15) is 63.0 Å². The molecule has 130 heavy (non-hydrogen) atoms. The van der Waals surface area contributed by atoms with Crippen molar-refractivity contribution in [2.45, 2.75) is 242 Å². The molecule has 3 fully saturated rings. The number of aliphatic hydroxyl groups excluding tert-OH is 1. The van der Waals surface area contributed by atoms with E-state index in [0.29, 0.717) is 64.2 Å². The number of rotatable bonds is 24. The van der Waals surface area contributed by atoms with Crippen LogP contribution >= 0.6 is 11.8 Å². The number of hydrogen-bond acceptors (Lipinski definition) is 21. The molecule has 0 spiro atoms. The van der Waals surface area contributed by atoms with Crippen LogP contribution in [0.25, 0.3) is 21.8 Å². The van der Waals surface area contributed by atoms with Gasteiger partial charge < -0.3 is 115 Å². The Bertz CT molecular complexity index is 4910. The van der Waals surface area contributed by atoms with Crippen LogP contribution in [0.4, 0.5) is 0 Å². The highest BCUT2D eigenvalue weighted by Gasteiger charge is 2.46. The van der Waals surface area contributed by atoms with E-state index in [1.165, 1.54) is 62.1 Å². The van der Waals surface area contributed by atoms with Gasteiger partial charge in [-0.1, -0.05) is 116 Å². The molecule has 0 aliphatic carbocycles. The summed E-state index contributed by atoms with van der Waals surface area (Å²) in [5.41, 5.74) is 19.6. The highest BCUT2D eigenvalue weighted by molar-refractivity contribution is 8.00. The number of thioether (sulfide) groups is 1. The number of aliphatic hydroxyl groups is 1. The summed E-state index contributed by atoms with van der Waals surface area (Å²) in [7, 11) is 3.96. The van der Waals surface area contributed by atoms with Crippen LogP contribution in [-0.2, 0) is 106 Å². The topological polar surface area (TPSA) is 594 Å². The lowest BCUT2D eigenvalue weighted by Crippen LogP contribution is -2.62. The Morgan fingerprint density at radius 2 is 0.923 bits per heavy atom. The summed E-state index contributed by atoms with van der Waals surface area (Å²) in [4.78, 5) is 273. The Kier molecular flexibility index (Phi) is 38.4. The predicted octanol–water partition coefficient (Wildman–Crippen LogP) is -1.21. The smallest absolute Gasteiger partial charge is 0.246 e. The number of phenols is 1. The zero-order chi connectivity index (χ0) is 95.5. The fourth-order valence-corrected chi connectivity index (χ4v) is 17.1. The van der Waals surface area contributed by atoms with Crippen molar-refractivity contribution in [1.29, 1.82) is 0 Å². The number of carbonyl (C=O) groups is 18. The molecule has 5 aromatic rings. The maximum atomic E-state index is 15.7. The maximum absolute atomic E-state index is 15.7. The quantitative estimate of drug-likeness (QED) is 0.0345. The normalized spacial score (nSPS) is 24.8. The number of carbonyl (C=O) groups excluding carboxylic acids is 18. The van der Waals surface area contributed by atoms with E-state index >= 15 is 33.6 Å². The zero-order valence-corrected chi connectivity index (χ0v) is 76.0. The molecule has 3 aliphatic heterocycles. The number of fused-ring (bicyclic) bond motifs is 4. The summed E-state index contributed by atoms with van der Waals surface area (Å²) in [5, 5.41) is 49.0. The number of H-pyrrole nitrogens is 2. The van der Waals surface area contributed by atoms with Crippen molar-refractivity contribution in [3.63, 3.8) is 0 Å². The summed E-state index contributed by atoms with van der Waals surface area (Å²) in [6, 6.07) is -1.69. The third kappa shape index (κ3) is 28.4. The predicted molar refractivity (Wildman–Crippen MR) is 480 cm³/mol. The van der Waals surface area contributed by atoms with E-state index in [2.05, 4.69) is 63.1 Å². The van der Waals surface area contributed by atoms with Gasteiger partial charge in [-0.3, -0.25) is 86.3 Å². The number of phenolic OH excluding ortho intramolecular Hbond substituents is 1. The Hall–Kier alpha value is -12.7. The summed E-state index contributed by atoms with van der Waals surface area (Å²) < 4.78 is 0. The molecular formula is C89H126N20O20S. The van der Waals surface area contributed by atoms with Gasteiger partial charge in [-0.15, -0.1) is 11.8 Å². The highest BCUT2D eigenvalue weighted by Crippen LogP contribution is 2.28. The van der Waals surface area contributed by atoms with Gasteiger partial charge in [0.1, 0.15) is 90.3 Å². The van der Waals surface area contributed by atoms with Crippen LogP contribution in [0.2, 0.25) is 0 Å². The number of nitrogens with zero attached hydrogens (tertiary/aromatic N) is 5. The van der Waals surface area contributed by atoms with Crippen molar-refractivity contribution < 1.29 is 96.5 Å². The maximum Gasteiger partial charge on any atom is 0.246 e. The minimum atomic E-state index is -1.85.